The first-order chi connectivity index (χ1) is 10.7. The van der Waals surface area contributed by atoms with Gasteiger partial charge in [0.25, 0.3) is 5.91 Å². The van der Waals surface area contributed by atoms with E-state index in [9.17, 15) is 4.79 Å². The smallest absolute Gasteiger partial charge is 0.263 e. The first kappa shape index (κ1) is 14.3. The Morgan fingerprint density at radius 2 is 2.14 bits per heavy atom. The van der Waals surface area contributed by atoms with Crippen molar-refractivity contribution in [1.29, 1.82) is 0 Å². The molecule has 0 fully saturated rings. The maximum absolute atomic E-state index is 12.1. The quantitative estimate of drug-likeness (QED) is 0.799. The van der Waals surface area contributed by atoms with Gasteiger partial charge in [0.2, 0.25) is 0 Å². The monoisotopic (exact) mass is 311 g/mol. The summed E-state index contributed by atoms with van der Waals surface area (Å²) in [7, 11) is 0. The van der Waals surface area contributed by atoms with Crippen molar-refractivity contribution >= 4 is 17.2 Å². The van der Waals surface area contributed by atoms with Gasteiger partial charge in [-0.2, -0.15) is 0 Å². The number of aromatic nitrogens is 4. The molecule has 0 saturated carbocycles. The molecule has 0 radical (unpaired) electrons. The number of aryl methyl sites for hydroxylation is 1. The van der Waals surface area contributed by atoms with Crippen LogP contribution in [-0.4, -0.2) is 25.8 Å². The normalized spacial score (nSPS) is 10.4. The molecule has 7 heteroatoms. The molecule has 0 bridgehead atoms. The van der Waals surface area contributed by atoms with Crippen LogP contribution in [0.3, 0.4) is 0 Å². The van der Waals surface area contributed by atoms with Gasteiger partial charge in [-0.1, -0.05) is 0 Å². The molecule has 0 atom stereocenters. The minimum atomic E-state index is -0.163. The molecule has 0 aromatic carbocycles. The molecule has 22 heavy (non-hydrogen) atoms. The highest BCUT2D eigenvalue weighted by atomic mass is 32.1. The summed E-state index contributed by atoms with van der Waals surface area (Å²) < 4.78 is 0. The van der Waals surface area contributed by atoms with Gasteiger partial charge >= 0.3 is 0 Å². The highest BCUT2D eigenvalue weighted by molar-refractivity contribution is 7.16. The van der Waals surface area contributed by atoms with Crippen LogP contribution in [0.1, 0.15) is 21.2 Å². The van der Waals surface area contributed by atoms with E-state index in [2.05, 4.69) is 25.3 Å². The number of pyridine rings is 1. The summed E-state index contributed by atoms with van der Waals surface area (Å²) >= 11 is 1.34. The number of nitrogens with zero attached hydrogens (tertiary/aromatic N) is 4. The zero-order valence-corrected chi connectivity index (χ0v) is 12.7. The third-order valence-electron chi connectivity index (χ3n) is 2.90. The lowest BCUT2D eigenvalue weighted by atomic mass is 10.3. The minimum absolute atomic E-state index is 0.163. The lowest BCUT2D eigenvalue weighted by molar-refractivity contribution is 0.0954. The molecule has 3 aromatic rings. The second-order valence-electron chi connectivity index (χ2n) is 4.55. The second-order valence-corrected chi connectivity index (χ2v) is 5.58. The van der Waals surface area contributed by atoms with E-state index >= 15 is 0 Å². The first-order valence-corrected chi connectivity index (χ1v) is 7.47. The van der Waals surface area contributed by atoms with Crippen LogP contribution >= 0.6 is 11.3 Å². The van der Waals surface area contributed by atoms with Crippen LogP contribution in [0.25, 0.3) is 10.6 Å². The van der Waals surface area contributed by atoms with E-state index in [-0.39, 0.29) is 5.91 Å². The molecule has 0 unspecified atom stereocenters. The molecular formula is C15H13N5OS. The molecule has 0 aliphatic rings. The highest BCUT2D eigenvalue weighted by Gasteiger charge is 2.11. The Kier molecular flexibility index (Phi) is 4.15. The van der Waals surface area contributed by atoms with Crippen LogP contribution in [0.2, 0.25) is 0 Å². The summed E-state index contributed by atoms with van der Waals surface area (Å²) in [5, 5.41) is 3.61. The molecule has 3 rings (SSSR count). The molecule has 6 nitrogen and oxygen atoms in total. The Labute approximate surface area is 131 Å². The van der Waals surface area contributed by atoms with E-state index < -0.39 is 0 Å². The molecule has 0 aliphatic carbocycles. The van der Waals surface area contributed by atoms with Gasteiger partial charge in [0.05, 0.1) is 18.4 Å². The van der Waals surface area contributed by atoms with E-state index in [1.165, 1.54) is 11.3 Å². The summed E-state index contributed by atoms with van der Waals surface area (Å²) in [6.45, 7) is 2.18. The van der Waals surface area contributed by atoms with Crippen molar-refractivity contribution in [3.8, 4) is 10.6 Å². The van der Waals surface area contributed by atoms with Crippen LogP contribution in [0.5, 0.6) is 0 Å². The fraction of sp³-hybridized carbons (Fsp3) is 0.133. The predicted molar refractivity (Wildman–Crippen MR) is 83.3 cm³/mol. The van der Waals surface area contributed by atoms with Gasteiger partial charge in [-0.15, -0.1) is 11.3 Å². The number of hydrogen-bond donors (Lipinski definition) is 1. The molecule has 0 aliphatic heterocycles. The van der Waals surface area contributed by atoms with Crippen LogP contribution in [-0.2, 0) is 6.54 Å². The number of thiazole rings is 1. The Hall–Kier alpha value is -2.67. The largest absolute Gasteiger partial charge is 0.346 e. The van der Waals surface area contributed by atoms with Crippen molar-refractivity contribution in [2.24, 2.45) is 0 Å². The van der Waals surface area contributed by atoms with Gasteiger partial charge in [-0.05, 0) is 25.1 Å². The van der Waals surface area contributed by atoms with Gasteiger partial charge in [0.1, 0.15) is 15.7 Å². The first-order valence-electron chi connectivity index (χ1n) is 6.65. The molecule has 110 valence electrons. The molecule has 0 spiro atoms. The number of rotatable bonds is 4. The zero-order chi connectivity index (χ0) is 15.4. The summed E-state index contributed by atoms with van der Waals surface area (Å²) in [6.07, 6.45) is 6.68. The fourth-order valence-corrected chi connectivity index (χ4v) is 2.69. The Bertz CT molecular complexity index is 787. The van der Waals surface area contributed by atoms with Crippen LogP contribution < -0.4 is 5.32 Å². The lowest BCUT2D eigenvalue weighted by Crippen LogP contribution is -2.22. The van der Waals surface area contributed by atoms with Crippen molar-refractivity contribution < 1.29 is 4.79 Å². The second kappa shape index (κ2) is 6.40. The average Bonchev–Trinajstić information content (AvgIpc) is 3.04. The summed E-state index contributed by atoms with van der Waals surface area (Å²) in [5.41, 5.74) is 1.68. The Balaban J connectivity index is 1.67. The summed E-state index contributed by atoms with van der Waals surface area (Å²) in [4.78, 5) is 29.3. The van der Waals surface area contributed by atoms with E-state index in [1.807, 2.05) is 19.1 Å². The Morgan fingerprint density at radius 1 is 1.23 bits per heavy atom. The average molecular weight is 311 g/mol. The standard InChI is InChI=1S/C15H13N5OS/c1-10-17-6-4-12(20-10)8-18-14(21)13-9-19-15(22-13)11-3-2-5-16-7-11/h2-7,9H,8H2,1H3,(H,18,21). The molecule has 1 amide bonds. The van der Waals surface area contributed by atoms with Gasteiger partial charge in [-0.3, -0.25) is 9.78 Å². The number of carbonyl (C=O) groups is 1. The molecule has 3 aromatic heterocycles. The van der Waals surface area contributed by atoms with E-state index in [0.717, 1.165) is 16.3 Å². The number of carbonyl (C=O) groups excluding carboxylic acids is 1. The van der Waals surface area contributed by atoms with Crippen molar-refractivity contribution in [3.05, 3.63) is 59.4 Å². The van der Waals surface area contributed by atoms with Crippen molar-refractivity contribution in [2.75, 3.05) is 0 Å². The van der Waals surface area contributed by atoms with Crippen LogP contribution in [0.15, 0.2) is 43.0 Å². The molecule has 0 saturated heterocycles. The fourth-order valence-electron chi connectivity index (χ4n) is 1.86. The van der Waals surface area contributed by atoms with Gasteiger partial charge in [-0.25, -0.2) is 15.0 Å². The van der Waals surface area contributed by atoms with Crippen molar-refractivity contribution in [3.63, 3.8) is 0 Å². The SMILES string of the molecule is Cc1nccc(CNC(=O)c2cnc(-c3cccnc3)s2)n1. The lowest BCUT2D eigenvalue weighted by Gasteiger charge is -2.03. The molecular weight excluding hydrogens is 298 g/mol. The third-order valence-corrected chi connectivity index (χ3v) is 3.95. The van der Waals surface area contributed by atoms with E-state index in [4.69, 9.17) is 0 Å². The summed E-state index contributed by atoms with van der Waals surface area (Å²) in [5.74, 6) is 0.521. The number of amides is 1. The summed E-state index contributed by atoms with van der Waals surface area (Å²) in [6, 6.07) is 5.53. The van der Waals surface area contributed by atoms with E-state index in [1.54, 1.807) is 30.9 Å². The molecule has 3 heterocycles. The number of nitrogens with one attached hydrogen (secondary N) is 1. The third kappa shape index (κ3) is 3.32. The van der Waals surface area contributed by atoms with Crippen LogP contribution in [0, 0.1) is 6.92 Å². The Morgan fingerprint density at radius 3 is 2.91 bits per heavy atom. The molecule has 1 N–H and O–H groups in total. The topological polar surface area (TPSA) is 80.7 Å². The highest BCUT2D eigenvalue weighted by Crippen LogP contribution is 2.24. The maximum atomic E-state index is 12.1. The minimum Gasteiger partial charge on any atom is -0.346 e. The van der Waals surface area contributed by atoms with Crippen molar-refractivity contribution in [1.82, 2.24) is 25.3 Å². The van der Waals surface area contributed by atoms with Gasteiger partial charge in [0, 0.05) is 24.2 Å². The predicted octanol–water partition coefficient (Wildman–Crippen LogP) is 2.23. The van der Waals surface area contributed by atoms with Crippen LogP contribution in [0.4, 0.5) is 0 Å². The van der Waals surface area contributed by atoms with Gasteiger partial charge < -0.3 is 5.32 Å². The van der Waals surface area contributed by atoms with Crippen molar-refractivity contribution in [2.45, 2.75) is 13.5 Å². The van der Waals surface area contributed by atoms with E-state index in [0.29, 0.717) is 17.2 Å². The van der Waals surface area contributed by atoms with Gasteiger partial charge in [0.15, 0.2) is 0 Å². The maximum Gasteiger partial charge on any atom is 0.263 e. The zero-order valence-electron chi connectivity index (χ0n) is 11.9. The number of hydrogen-bond acceptors (Lipinski definition) is 6.